The molecule has 0 fully saturated rings. The molecule has 1 heterocycles. The summed E-state index contributed by atoms with van der Waals surface area (Å²) in [6.45, 7) is 5.15. The number of rotatable bonds is 6. The number of aryl methyl sites for hydroxylation is 1. The van der Waals surface area contributed by atoms with Gasteiger partial charge in [-0.15, -0.1) is 0 Å². The minimum Gasteiger partial charge on any atom is -0.396 e. The summed E-state index contributed by atoms with van der Waals surface area (Å²) in [5, 5.41) is 18.5. The van der Waals surface area contributed by atoms with Crippen LogP contribution in [0.3, 0.4) is 0 Å². The van der Waals surface area contributed by atoms with Crippen LogP contribution >= 0.6 is 0 Å². The average molecular weight is 238 g/mol. The highest BCUT2D eigenvalue weighted by atomic mass is 16.3. The molecule has 0 atom stereocenters. The molecule has 4 nitrogen and oxygen atoms in total. The first kappa shape index (κ1) is 14.1. The highest BCUT2D eigenvalue weighted by Gasteiger charge is 2.24. The first-order chi connectivity index (χ1) is 7.99. The summed E-state index contributed by atoms with van der Waals surface area (Å²) in [5.74, 6) is 0. The van der Waals surface area contributed by atoms with E-state index >= 15 is 0 Å². The van der Waals surface area contributed by atoms with Crippen LogP contribution in [-0.4, -0.2) is 46.9 Å². The molecule has 1 rings (SSSR count). The van der Waals surface area contributed by atoms with Gasteiger partial charge in [0.15, 0.2) is 0 Å². The summed E-state index contributed by atoms with van der Waals surface area (Å²) in [5.41, 5.74) is 1.55. The van der Waals surface area contributed by atoms with Gasteiger partial charge in [0.25, 0.3) is 0 Å². The zero-order valence-electron chi connectivity index (χ0n) is 10.8. The van der Waals surface area contributed by atoms with Gasteiger partial charge < -0.3 is 10.2 Å². The number of aliphatic hydroxyl groups is 2. The van der Waals surface area contributed by atoms with E-state index in [-0.39, 0.29) is 13.2 Å². The first-order valence-corrected chi connectivity index (χ1v) is 5.82. The van der Waals surface area contributed by atoms with Gasteiger partial charge in [0.05, 0.1) is 18.9 Å². The summed E-state index contributed by atoms with van der Waals surface area (Å²) < 4.78 is 0. The van der Waals surface area contributed by atoms with Gasteiger partial charge in [-0.25, -0.2) is 0 Å². The molecular weight excluding hydrogens is 216 g/mol. The molecular formula is C13H22N2O2. The number of aliphatic hydroxyl groups excluding tert-OH is 2. The Hall–Kier alpha value is -0.970. The third-order valence-electron chi connectivity index (χ3n) is 2.79. The van der Waals surface area contributed by atoms with Gasteiger partial charge in [-0.05, 0) is 26.1 Å². The highest BCUT2D eigenvalue weighted by Crippen LogP contribution is 2.16. The molecule has 1 aromatic rings. The lowest BCUT2D eigenvalue weighted by Gasteiger charge is -2.30. The maximum absolute atomic E-state index is 9.24. The van der Waals surface area contributed by atoms with Crippen LogP contribution in [0.5, 0.6) is 0 Å². The summed E-state index contributed by atoms with van der Waals surface area (Å²) in [6, 6.07) is 5.94. The van der Waals surface area contributed by atoms with E-state index in [1.807, 2.05) is 39.1 Å². The summed E-state index contributed by atoms with van der Waals surface area (Å²) in [4.78, 5) is 6.49. The molecule has 0 amide bonds. The third kappa shape index (κ3) is 4.42. The zero-order valence-corrected chi connectivity index (χ0v) is 10.8. The van der Waals surface area contributed by atoms with Crippen LogP contribution in [-0.2, 0) is 6.54 Å². The largest absolute Gasteiger partial charge is 0.396 e. The van der Waals surface area contributed by atoms with E-state index in [0.29, 0.717) is 6.54 Å². The second-order valence-corrected chi connectivity index (χ2v) is 5.07. The smallest absolute Gasteiger partial charge is 0.0547 e. The van der Waals surface area contributed by atoms with Crippen LogP contribution in [0, 0.1) is 12.3 Å². The van der Waals surface area contributed by atoms with Gasteiger partial charge in [0, 0.05) is 24.2 Å². The molecule has 0 saturated carbocycles. The zero-order chi connectivity index (χ0) is 12.9. The van der Waals surface area contributed by atoms with Gasteiger partial charge in [0.2, 0.25) is 0 Å². The van der Waals surface area contributed by atoms with Crippen LogP contribution in [0.4, 0.5) is 0 Å². The normalized spacial score (nSPS) is 12.1. The quantitative estimate of drug-likeness (QED) is 0.770. The lowest BCUT2D eigenvalue weighted by atomic mass is 9.92. The van der Waals surface area contributed by atoms with Gasteiger partial charge in [-0.3, -0.25) is 9.88 Å². The van der Waals surface area contributed by atoms with E-state index in [0.717, 1.165) is 17.9 Å². The third-order valence-corrected chi connectivity index (χ3v) is 2.79. The standard InChI is InChI=1S/C13H22N2O2/c1-11-5-4-6-12(14-11)7-15(3)8-13(2,9-16)10-17/h4-6,16-17H,7-10H2,1-3H3. The summed E-state index contributed by atoms with van der Waals surface area (Å²) in [6.07, 6.45) is 0. The van der Waals surface area contributed by atoms with Crippen molar-refractivity contribution in [3.63, 3.8) is 0 Å². The SMILES string of the molecule is Cc1cccc(CN(C)CC(C)(CO)CO)n1. The molecule has 4 heteroatoms. The van der Waals surface area contributed by atoms with Crippen molar-refractivity contribution in [1.29, 1.82) is 0 Å². The molecule has 17 heavy (non-hydrogen) atoms. The fourth-order valence-corrected chi connectivity index (χ4v) is 1.82. The number of hydrogen-bond donors (Lipinski definition) is 2. The van der Waals surface area contributed by atoms with E-state index < -0.39 is 5.41 Å². The fraction of sp³-hybridized carbons (Fsp3) is 0.615. The van der Waals surface area contributed by atoms with Gasteiger partial charge in [-0.2, -0.15) is 0 Å². The Morgan fingerprint density at radius 1 is 1.29 bits per heavy atom. The second kappa shape index (κ2) is 6.10. The molecule has 0 aromatic carbocycles. The number of aromatic nitrogens is 1. The first-order valence-electron chi connectivity index (χ1n) is 5.82. The van der Waals surface area contributed by atoms with Crippen molar-refractivity contribution in [2.24, 2.45) is 5.41 Å². The van der Waals surface area contributed by atoms with Crippen molar-refractivity contribution < 1.29 is 10.2 Å². The van der Waals surface area contributed by atoms with Crippen molar-refractivity contribution in [1.82, 2.24) is 9.88 Å². The van der Waals surface area contributed by atoms with Crippen molar-refractivity contribution in [3.8, 4) is 0 Å². The molecule has 96 valence electrons. The van der Waals surface area contributed by atoms with E-state index in [1.54, 1.807) is 0 Å². The molecule has 0 aliphatic rings. The summed E-state index contributed by atoms with van der Waals surface area (Å²) in [7, 11) is 1.97. The predicted molar refractivity (Wildman–Crippen MR) is 67.6 cm³/mol. The van der Waals surface area contributed by atoms with Gasteiger partial charge >= 0.3 is 0 Å². The lowest BCUT2D eigenvalue weighted by molar-refractivity contribution is 0.0399. The Balaban J connectivity index is 2.58. The Bertz CT molecular complexity index is 351. The molecule has 0 saturated heterocycles. The maximum atomic E-state index is 9.24. The minimum atomic E-state index is -0.460. The molecule has 1 aromatic heterocycles. The molecule has 0 unspecified atom stereocenters. The lowest BCUT2D eigenvalue weighted by Crippen LogP contribution is -2.38. The molecule has 0 aliphatic heterocycles. The second-order valence-electron chi connectivity index (χ2n) is 5.07. The Labute approximate surface area is 103 Å². The summed E-state index contributed by atoms with van der Waals surface area (Å²) >= 11 is 0. The van der Waals surface area contributed by atoms with Crippen molar-refractivity contribution in [2.45, 2.75) is 20.4 Å². The minimum absolute atomic E-state index is 0.0188. The van der Waals surface area contributed by atoms with E-state index in [2.05, 4.69) is 9.88 Å². The van der Waals surface area contributed by atoms with Gasteiger partial charge in [-0.1, -0.05) is 13.0 Å². The predicted octanol–water partition coefficient (Wildman–Crippen LogP) is 0.813. The maximum Gasteiger partial charge on any atom is 0.0547 e. The van der Waals surface area contributed by atoms with E-state index in [4.69, 9.17) is 0 Å². The molecule has 2 N–H and O–H groups in total. The number of hydrogen-bond acceptors (Lipinski definition) is 4. The number of pyridine rings is 1. The van der Waals surface area contributed by atoms with E-state index in [9.17, 15) is 10.2 Å². The fourth-order valence-electron chi connectivity index (χ4n) is 1.82. The Morgan fingerprint density at radius 3 is 2.47 bits per heavy atom. The van der Waals surface area contributed by atoms with Crippen LogP contribution in [0.1, 0.15) is 18.3 Å². The Morgan fingerprint density at radius 2 is 1.94 bits per heavy atom. The molecule has 0 bridgehead atoms. The van der Waals surface area contributed by atoms with Crippen LogP contribution in [0.15, 0.2) is 18.2 Å². The monoisotopic (exact) mass is 238 g/mol. The highest BCUT2D eigenvalue weighted by molar-refractivity contribution is 5.09. The van der Waals surface area contributed by atoms with Crippen molar-refractivity contribution >= 4 is 0 Å². The van der Waals surface area contributed by atoms with Crippen LogP contribution in [0.2, 0.25) is 0 Å². The van der Waals surface area contributed by atoms with Crippen molar-refractivity contribution in [3.05, 3.63) is 29.6 Å². The van der Waals surface area contributed by atoms with Crippen LogP contribution in [0.25, 0.3) is 0 Å². The number of nitrogens with zero attached hydrogens (tertiary/aromatic N) is 2. The van der Waals surface area contributed by atoms with Crippen LogP contribution < -0.4 is 0 Å². The average Bonchev–Trinajstić information content (AvgIpc) is 2.28. The Kier molecular flexibility index (Phi) is 5.05. The van der Waals surface area contributed by atoms with Crippen molar-refractivity contribution in [2.75, 3.05) is 26.8 Å². The topological polar surface area (TPSA) is 56.6 Å². The molecule has 0 aliphatic carbocycles. The van der Waals surface area contributed by atoms with Gasteiger partial charge in [0.1, 0.15) is 0 Å². The molecule has 0 radical (unpaired) electrons. The van der Waals surface area contributed by atoms with E-state index in [1.165, 1.54) is 0 Å². The molecule has 0 spiro atoms.